The second kappa shape index (κ2) is 6.01. The number of carboxylic acid groups (broad SMARTS) is 1. The van der Waals surface area contributed by atoms with E-state index in [2.05, 4.69) is 5.16 Å². The minimum absolute atomic E-state index is 0.168. The fourth-order valence-electron chi connectivity index (χ4n) is 3.99. The van der Waals surface area contributed by atoms with Crippen molar-refractivity contribution in [3.63, 3.8) is 0 Å². The molecule has 2 aliphatic heterocycles. The second-order valence-corrected chi connectivity index (χ2v) is 6.62. The van der Waals surface area contributed by atoms with E-state index in [0.717, 1.165) is 11.1 Å². The highest BCUT2D eigenvalue weighted by Crippen LogP contribution is 2.50. The van der Waals surface area contributed by atoms with Crippen LogP contribution in [0.3, 0.4) is 0 Å². The van der Waals surface area contributed by atoms with Gasteiger partial charge in [0.15, 0.2) is 0 Å². The van der Waals surface area contributed by atoms with Crippen LogP contribution in [0.25, 0.3) is 11.0 Å². The number of hydrogen-bond acceptors (Lipinski definition) is 8. The fourth-order valence-corrected chi connectivity index (χ4v) is 3.99. The molecule has 9 heteroatoms. The van der Waals surface area contributed by atoms with Crippen molar-refractivity contribution in [3.05, 3.63) is 45.5 Å². The van der Waals surface area contributed by atoms with Crippen LogP contribution in [0.1, 0.15) is 29.0 Å². The van der Waals surface area contributed by atoms with Crippen LogP contribution in [0, 0.1) is 0 Å². The molecule has 1 aromatic carbocycles. The van der Waals surface area contributed by atoms with Crippen molar-refractivity contribution in [2.45, 2.75) is 25.0 Å². The van der Waals surface area contributed by atoms with E-state index in [1.54, 1.807) is 12.3 Å². The molecule has 28 heavy (non-hydrogen) atoms. The minimum Gasteiger partial charge on any atom is -0.496 e. The number of ether oxygens (including phenoxy) is 3. The van der Waals surface area contributed by atoms with Crippen molar-refractivity contribution in [2.24, 2.45) is 5.16 Å². The van der Waals surface area contributed by atoms with E-state index < -0.39 is 24.5 Å². The Kier molecular flexibility index (Phi) is 3.58. The van der Waals surface area contributed by atoms with Gasteiger partial charge in [-0.2, -0.15) is 0 Å². The van der Waals surface area contributed by atoms with Crippen molar-refractivity contribution >= 4 is 22.7 Å². The SMILES string of the molecule is COc1cc2c(c3oc(=O)c4c(c13)CC/C4=N\OCC(=O)O)[C@@H]1C=CO[C@@H]1O2. The molecular formula is C19H15NO8. The molecule has 0 spiro atoms. The van der Waals surface area contributed by atoms with Gasteiger partial charge in [0.25, 0.3) is 6.29 Å². The highest BCUT2D eigenvalue weighted by atomic mass is 16.7. The van der Waals surface area contributed by atoms with E-state index in [9.17, 15) is 9.59 Å². The Hall–Kier alpha value is -3.49. The Balaban J connectivity index is 1.72. The maximum absolute atomic E-state index is 12.8. The standard InChI is InChI=1S/C19H15NO8/c1-24-11-6-12-16(9-4-5-25-19(9)27-12)17-15(11)8-2-3-10(14(8)18(23)28-17)20-26-7-13(21)22/h4-6,9,19H,2-3,7H2,1H3,(H,21,22)/b20-10+/t9-,19+/m0/s1. The van der Waals surface area contributed by atoms with Crippen LogP contribution in [-0.4, -0.2) is 36.8 Å². The highest BCUT2D eigenvalue weighted by molar-refractivity contribution is 6.08. The molecule has 1 N–H and O–H groups in total. The summed E-state index contributed by atoms with van der Waals surface area (Å²) in [4.78, 5) is 28.2. The zero-order valence-electron chi connectivity index (χ0n) is 14.8. The van der Waals surface area contributed by atoms with Crippen LogP contribution in [0.2, 0.25) is 0 Å². The average Bonchev–Trinajstić information content (AvgIpc) is 3.34. The summed E-state index contributed by atoms with van der Waals surface area (Å²) in [6.07, 6.45) is 3.92. The quantitative estimate of drug-likeness (QED) is 0.626. The molecule has 0 fully saturated rings. The van der Waals surface area contributed by atoms with Crippen LogP contribution in [0.5, 0.6) is 11.5 Å². The molecule has 5 rings (SSSR count). The highest BCUT2D eigenvalue weighted by Gasteiger charge is 2.41. The lowest BCUT2D eigenvalue weighted by atomic mass is 9.95. The number of fused-ring (bicyclic) bond motifs is 7. The van der Waals surface area contributed by atoms with E-state index in [1.807, 2.05) is 6.08 Å². The van der Waals surface area contributed by atoms with Crippen LogP contribution >= 0.6 is 0 Å². The zero-order chi connectivity index (χ0) is 19.4. The van der Waals surface area contributed by atoms with Gasteiger partial charge >= 0.3 is 11.6 Å². The van der Waals surface area contributed by atoms with E-state index in [0.29, 0.717) is 46.6 Å². The van der Waals surface area contributed by atoms with Crippen molar-refractivity contribution < 1.29 is 33.4 Å². The van der Waals surface area contributed by atoms with Gasteiger partial charge in [0.2, 0.25) is 6.61 Å². The third-order valence-corrected chi connectivity index (χ3v) is 5.10. The van der Waals surface area contributed by atoms with Crippen molar-refractivity contribution in [1.29, 1.82) is 0 Å². The molecule has 2 aromatic rings. The van der Waals surface area contributed by atoms with E-state index in [1.165, 1.54) is 7.11 Å². The largest absolute Gasteiger partial charge is 0.496 e. The molecule has 0 unspecified atom stereocenters. The third-order valence-electron chi connectivity index (χ3n) is 5.10. The first kappa shape index (κ1) is 16.7. The van der Waals surface area contributed by atoms with Crippen LogP contribution < -0.4 is 15.1 Å². The van der Waals surface area contributed by atoms with Gasteiger partial charge in [-0.05, 0) is 24.5 Å². The van der Waals surface area contributed by atoms with Gasteiger partial charge in [-0.3, -0.25) is 0 Å². The maximum Gasteiger partial charge on any atom is 0.345 e. The summed E-state index contributed by atoms with van der Waals surface area (Å²) in [7, 11) is 1.53. The van der Waals surface area contributed by atoms with Crippen LogP contribution in [0.4, 0.5) is 0 Å². The first-order valence-electron chi connectivity index (χ1n) is 8.69. The number of aliphatic carboxylic acids is 1. The van der Waals surface area contributed by atoms with Crippen molar-refractivity contribution in [2.75, 3.05) is 13.7 Å². The lowest BCUT2D eigenvalue weighted by Crippen LogP contribution is -2.15. The second-order valence-electron chi connectivity index (χ2n) is 6.62. The molecule has 3 aliphatic rings. The number of rotatable bonds is 4. The lowest BCUT2D eigenvalue weighted by molar-refractivity contribution is -0.142. The van der Waals surface area contributed by atoms with E-state index in [-0.39, 0.29) is 5.92 Å². The zero-order valence-corrected chi connectivity index (χ0v) is 14.8. The monoisotopic (exact) mass is 385 g/mol. The van der Waals surface area contributed by atoms with Gasteiger partial charge in [-0.25, -0.2) is 9.59 Å². The van der Waals surface area contributed by atoms with E-state index >= 15 is 0 Å². The summed E-state index contributed by atoms with van der Waals surface area (Å²) in [6, 6.07) is 1.77. The average molecular weight is 385 g/mol. The minimum atomic E-state index is -1.15. The lowest BCUT2D eigenvalue weighted by Gasteiger charge is -2.12. The fraction of sp³-hybridized carbons (Fsp3) is 0.316. The van der Waals surface area contributed by atoms with Gasteiger partial charge < -0.3 is 28.6 Å². The molecule has 1 aromatic heterocycles. The molecule has 144 valence electrons. The van der Waals surface area contributed by atoms with Gasteiger partial charge in [0.05, 0.1) is 41.5 Å². The smallest absolute Gasteiger partial charge is 0.345 e. The summed E-state index contributed by atoms with van der Waals surface area (Å²) < 4.78 is 22.5. The van der Waals surface area contributed by atoms with Crippen molar-refractivity contribution in [3.8, 4) is 11.5 Å². The predicted octanol–water partition coefficient (Wildman–Crippen LogP) is 1.90. The number of hydrogen-bond donors (Lipinski definition) is 1. The maximum atomic E-state index is 12.8. The Morgan fingerprint density at radius 1 is 1.39 bits per heavy atom. The van der Waals surface area contributed by atoms with Crippen molar-refractivity contribution in [1.82, 2.24) is 0 Å². The number of methoxy groups -OCH3 is 1. The molecule has 0 saturated heterocycles. The normalized spacial score (nSPS) is 22.5. The summed E-state index contributed by atoms with van der Waals surface area (Å²) >= 11 is 0. The van der Waals surface area contributed by atoms with Gasteiger partial charge in [0.1, 0.15) is 17.1 Å². The predicted molar refractivity (Wildman–Crippen MR) is 94.9 cm³/mol. The Morgan fingerprint density at radius 2 is 2.25 bits per heavy atom. The molecule has 9 nitrogen and oxygen atoms in total. The molecule has 0 saturated carbocycles. The molecule has 1 aliphatic carbocycles. The number of aryl methyl sites for hydroxylation is 1. The summed E-state index contributed by atoms with van der Waals surface area (Å²) in [5.41, 5.74) is 2.02. The number of carbonyl (C=O) groups is 1. The molecule has 0 bridgehead atoms. The van der Waals surface area contributed by atoms with Gasteiger partial charge in [-0.1, -0.05) is 5.16 Å². The summed E-state index contributed by atoms with van der Waals surface area (Å²) in [5.74, 6) is -0.237. The topological polar surface area (TPSA) is 117 Å². The van der Waals surface area contributed by atoms with Gasteiger partial charge in [-0.15, -0.1) is 0 Å². The first-order chi connectivity index (χ1) is 13.6. The van der Waals surface area contributed by atoms with E-state index in [4.69, 9.17) is 28.6 Å². The number of nitrogens with zero attached hydrogens (tertiary/aromatic N) is 1. The number of carboxylic acids is 1. The third kappa shape index (κ3) is 2.29. The molecule has 2 atom stereocenters. The number of oxime groups is 1. The summed E-state index contributed by atoms with van der Waals surface area (Å²) in [6.45, 7) is -0.582. The Labute approximate surface area is 157 Å². The Bertz CT molecular complexity index is 1130. The summed E-state index contributed by atoms with van der Waals surface area (Å²) in [5, 5.41) is 13.2. The molecular weight excluding hydrogens is 370 g/mol. The van der Waals surface area contributed by atoms with Crippen LogP contribution in [-0.2, 0) is 20.8 Å². The van der Waals surface area contributed by atoms with Gasteiger partial charge in [0, 0.05) is 6.07 Å². The Morgan fingerprint density at radius 3 is 3.04 bits per heavy atom. The van der Waals surface area contributed by atoms with Crippen LogP contribution in [0.15, 0.2) is 32.8 Å². The molecule has 0 amide bonds. The molecule has 0 radical (unpaired) electrons. The molecule has 3 heterocycles. The number of benzene rings is 1. The first-order valence-corrected chi connectivity index (χ1v) is 8.69.